The number of allylic oxidation sites excluding steroid dienone is 2. The lowest BCUT2D eigenvalue weighted by molar-refractivity contribution is 0.393. The number of thiol groups is 1. The largest absolute Gasteiger partial charge is 0.372 e. The van der Waals surface area contributed by atoms with Crippen LogP contribution in [0.1, 0.15) is 33.6 Å². The maximum Gasteiger partial charge on any atom is 0.0322 e. The Labute approximate surface area is 93.3 Å². The van der Waals surface area contributed by atoms with E-state index in [1.807, 2.05) is 0 Å². The van der Waals surface area contributed by atoms with E-state index in [4.69, 9.17) is 0 Å². The van der Waals surface area contributed by atoms with E-state index in [0.717, 1.165) is 25.9 Å². The highest BCUT2D eigenvalue weighted by Crippen LogP contribution is 2.27. The van der Waals surface area contributed by atoms with Crippen molar-refractivity contribution in [2.45, 2.75) is 38.4 Å². The zero-order valence-electron chi connectivity index (χ0n) is 9.45. The molecule has 0 aromatic carbocycles. The van der Waals surface area contributed by atoms with Crippen LogP contribution in [-0.4, -0.2) is 22.7 Å². The first kappa shape index (κ1) is 11.7. The molecule has 0 bridgehead atoms. The van der Waals surface area contributed by atoms with Crippen LogP contribution in [0.2, 0.25) is 0 Å². The third-order valence-corrected chi connectivity index (χ3v) is 3.12. The van der Waals surface area contributed by atoms with E-state index in [0.29, 0.717) is 0 Å². The Kier molecular flexibility index (Phi) is 4.11. The summed E-state index contributed by atoms with van der Waals surface area (Å²) in [6, 6.07) is 0. The third-order valence-electron chi connectivity index (χ3n) is 2.75. The van der Waals surface area contributed by atoms with Crippen LogP contribution in [0.3, 0.4) is 0 Å². The van der Waals surface area contributed by atoms with Crippen molar-refractivity contribution in [1.29, 1.82) is 0 Å². The molecule has 0 spiro atoms. The van der Waals surface area contributed by atoms with Crippen LogP contribution in [-0.2, 0) is 0 Å². The minimum Gasteiger partial charge on any atom is -0.372 e. The molecule has 0 aliphatic heterocycles. The summed E-state index contributed by atoms with van der Waals surface area (Å²) in [5.74, 6) is 0. The zero-order valence-corrected chi connectivity index (χ0v) is 10.3. The standard InChI is InChI=1S/C12H21NS/c1-4-13(5-2)11-7-6-9-12(3,14)10-8-11/h7-8,10,14H,4-6,9H2,1-3H3. The molecule has 0 fully saturated rings. The summed E-state index contributed by atoms with van der Waals surface area (Å²) >= 11 is 4.62. The van der Waals surface area contributed by atoms with Crippen molar-refractivity contribution in [3.63, 3.8) is 0 Å². The van der Waals surface area contributed by atoms with E-state index in [1.165, 1.54) is 5.70 Å². The fourth-order valence-electron chi connectivity index (χ4n) is 1.75. The van der Waals surface area contributed by atoms with Gasteiger partial charge in [-0.05, 0) is 39.7 Å². The van der Waals surface area contributed by atoms with Gasteiger partial charge in [-0.25, -0.2) is 0 Å². The summed E-state index contributed by atoms with van der Waals surface area (Å²) in [7, 11) is 0. The van der Waals surface area contributed by atoms with E-state index in [2.05, 4.69) is 56.5 Å². The topological polar surface area (TPSA) is 3.24 Å². The van der Waals surface area contributed by atoms with Gasteiger partial charge >= 0.3 is 0 Å². The summed E-state index contributed by atoms with van der Waals surface area (Å²) in [5.41, 5.74) is 1.35. The molecule has 0 saturated carbocycles. The summed E-state index contributed by atoms with van der Waals surface area (Å²) in [6.07, 6.45) is 9.00. The molecule has 1 atom stereocenters. The number of hydrogen-bond acceptors (Lipinski definition) is 2. The molecule has 1 nitrogen and oxygen atoms in total. The van der Waals surface area contributed by atoms with Crippen LogP contribution in [0.4, 0.5) is 0 Å². The first-order valence-electron chi connectivity index (χ1n) is 5.46. The lowest BCUT2D eigenvalue weighted by Crippen LogP contribution is -2.21. The van der Waals surface area contributed by atoms with Crippen LogP contribution in [0.5, 0.6) is 0 Å². The quantitative estimate of drug-likeness (QED) is 0.701. The molecule has 1 aliphatic rings. The van der Waals surface area contributed by atoms with E-state index in [1.54, 1.807) is 0 Å². The molecular formula is C12H21NS. The van der Waals surface area contributed by atoms with Crippen molar-refractivity contribution < 1.29 is 0 Å². The van der Waals surface area contributed by atoms with Gasteiger partial charge in [0.2, 0.25) is 0 Å². The number of likely N-dealkylation sites (N-methyl/N-ethyl adjacent to an activating group) is 1. The Bertz CT molecular complexity index is 237. The van der Waals surface area contributed by atoms with Crippen LogP contribution in [0.15, 0.2) is 23.9 Å². The second-order valence-corrected chi connectivity index (χ2v) is 5.05. The maximum atomic E-state index is 4.62. The second-order valence-electron chi connectivity index (χ2n) is 4.03. The van der Waals surface area contributed by atoms with Crippen molar-refractivity contribution in [3.8, 4) is 0 Å². The Hall–Kier alpha value is -0.370. The Morgan fingerprint density at radius 3 is 2.64 bits per heavy atom. The van der Waals surface area contributed by atoms with Gasteiger partial charge in [0.1, 0.15) is 0 Å². The molecule has 0 N–H and O–H groups in total. The van der Waals surface area contributed by atoms with Gasteiger partial charge in [0.15, 0.2) is 0 Å². The Balaban J connectivity index is 2.75. The highest BCUT2D eigenvalue weighted by Gasteiger charge is 2.17. The molecule has 0 saturated heterocycles. The molecule has 0 aromatic rings. The fraction of sp³-hybridized carbons (Fsp3) is 0.667. The summed E-state index contributed by atoms with van der Waals surface area (Å²) in [4.78, 5) is 2.38. The molecule has 1 unspecified atom stereocenters. The summed E-state index contributed by atoms with van der Waals surface area (Å²) < 4.78 is 0.0609. The molecule has 0 radical (unpaired) electrons. The van der Waals surface area contributed by atoms with Gasteiger partial charge < -0.3 is 4.90 Å². The smallest absolute Gasteiger partial charge is 0.0322 e. The van der Waals surface area contributed by atoms with Crippen LogP contribution in [0, 0.1) is 0 Å². The highest BCUT2D eigenvalue weighted by atomic mass is 32.1. The Morgan fingerprint density at radius 2 is 2.07 bits per heavy atom. The number of rotatable bonds is 3. The SMILES string of the molecule is CCN(CC)C1=CCCC(C)(S)C=C1. The van der Waals surface area contributed by atoms with E-state index in [-0.39, 0.29) is 4.75 Å². The number of hydrogen-bond donors (Lipinski definition) is 1. The first-order chi connectivity index (χ1) is 6.59. The van der Waals surface area contributed by atoms with Crippen molar-refractivity contribution in [3.05, 3.63) is 23.9 Å². The maximum absolute atomic E-state index is 4.62. The van der Waals surface area contributed by atoms with Crippen LogP contribution < -0.4 is 0 Å². The summed E-state index contributed by atoms with van der Waals surface area (Å²) in [6.45, 7) is 8.73. The van der Waals surface area contributed by atoms with Crippen LogP contribution >= 0.6 is 12.6 Å². The normalized spacial score (nSPS) is 27.0. The summed E-state index contributed by atoms with van der Waals surface area (Å²) in [5, 5.41) is 0. The highest BCUT2D eigenvalue weighted by molar-refractivity contribution is 7.82. The molecule has 1 aliphatic carbocycles. The van der Waals surface area contributed by atoms with Gasteiger partial charge in [0.25, 0.3) is 0 Å². The minimum atomic E-state index is 0.0609. The van der Waals surface area contributed by atoms with Gasteiger partial charge in [-0.1, -0.05) is 12.2 Å². The predicted octanol–water partition coefficient (Wildman–Crippen LogP) is 3.25. The molecule has 0 aromatic heterocycles. The van der Waals surface area contributed by atoms with Gasteiger partial charge in [-0.15, -0.1) is 0 Å². The van der Waals surface area contributed by atoms with Crippen molar-refractivity contribution in [1.82, 2.24) is 4.90 Å². The van der Waals surface area contributed by atoms with Gasteiger partial charge in [-0.3, -0.25) is 0 Å². The fourth-order valence-corrected chi connectivity index (χ4v) is 1.96. The first-order valence-corrected chi connectivity index (χ1v) is 5.90. The average molecular weight is 211 g/mol. The monoisotopic (exact) mass is 211 g/mol. The molecular weight excluding hydrogens is 190 g/mol. The minimum absolute atomic E-state index is 0.0609. The molecule has 2 heteroatoms. The van der Waals surface area contributed by atoms with Gasteiger partial charge in [0, 0.05) is 23.5 Å². The lowest BCUT2D eigenvalue weighted by Gasteiger charge is -2.22. The molecule has 80 valence electrons. The van der Waals surface area contributed by atoms with E-state index >= 15 is 0 Å². The predicted molar refractivity (Wildman–Crippen MR) is 66.8 cm³/mol. The van der Waals surface area contributed by atoms with E-state index < -0.39 is 0 Å². The average Bonchev–Trinajstić information content (AvgIpc) is 2.30. The molecule has 0 amide bonds. The van der Waals surface area contributed by atoms with Crippen molar-refractivity contribution in [2.75, 3.05) is 13.1 Å². The molecule has 0 heterocycles. The zero-order chi connectivity index (χ0) is 10.6. The lowest BCUT2D eigenvalue weighted by atomic mass is 10.1. The van der Waals surface area contributed by atoms with Crippen molar-refractivity contribution in [2.24, 2.45) is 0 Å². The molecule has 1 rings (SSSR count). The van der Waals surface area contributed by atoms with E-state index in [9.17, 15) is 0 Å². The van der Waals surface area contributed by atoms with Gasteiger partial charge in [-0.2, -0.15) is 12.6 Å². The number of nitrogens with zero attached hydrogens (tertiary/aromatic N) is 1. The second kappa shape index (κ2) is 4.92. The third kappa shape index (κ3) is 3.09. The van der Waals surface area contributed by atoms with Gasteiger partial charge in [0.05, 0.1) is 0 Å². The Morgan fingerprint density at radius 1 is 1.43 bits per heavy atom. The molecule has 14 heavy (non-hydrogen) atoms. The van der Waals surface area contributed by atoms with Crippen LogP contribution in [0.25, 0.3) is 0 Å². The van der Waals surface area contributed by atoms with Crippen molar-refractivity contribution >= 4 is 12.6 Å².